The highest BCUT2D eigenvalue weighted by Crippen LogP contribution is 2.39. The lowest BCUT2D eigenvalue weighted by molar-refractivity contribution is -0.138. The second-order valence-corrected chi connectivity index (χ2v) is 8.29. The van der Waals surface area contributed by atoms with Crippen LogP contribution in [0.5, 0.6) is 0 Å². The van der Waals surface area contributed by atoms with Crippen LogP contribution in [0.15, 0.2) is 4.99 Å². The third-order valence-electron chi connectivity index (χ3n) is 5.76. The van der Waals surface area contributed by atoms with Crippen molar-refractivity contribution in [2.45, 2.75) is 51.9 Å². The van der Waals surface area contributed by atoms with Crippen molar-refractivity contribution in [3.63, 3.8) is 0 Å². The lowest BCUT2D eigenvalue weighted by Gasteiger charge is -2.29. The number of nitrogens with one attached hydrogen (secondary N) is 2. The molecule has 0 spiro atoms. The molecule has 0 atom stereocenters. The summed E-state index contributed by atoms with van der Waals surface area (Å²) < 4.78 is 11.2. The second kappa shape index (κ2) is 12.3. The third kappa shape index (κ3) is 7.24. The number of hydrogen-bond donors (Lipinski definition) is 2. The molecule has 0 radical (unpaired) electrons. The van der Waals surface area contributed by atoms with E-state index < -0.39 is 0 Å². The van der Waals surface area contributed by atoms with Gasteiger partial charge < -0.3 is 25.0 Å². The minimum atomic E-state index is -0.321. The van der Waals surface area contributed by atoms with E-state index in [0.29, 0.717) is 12.5 Å². The summed E-state index contributed by atoms with van der Waals surface area (Å²) in [5.41, 5.74) is -0.321. The van der Waals surface area contributed by atoms with Gasteiger partial charge in [-0.15, -0.1) is 0 Å². The fourth-order valence-corrected chi connectivity index (χ4v) is 4.08. The number of carbonyl (C=O) groups excluding carboxylic acids is 1. The molecule has 2 fully saturated rings. The van der Waals surface area contributed by atoms with Gasteiger partial charge in [0, 0.05) is 53.6 Å². The monoisotopic (exact) mass is 396 g/mol. The van der Waals surface area contributed by atoms with Crippen molar-refractivity contribution in [3.05, 3.63) is 0 Å². The Morgan fingerprint density at radius 1 is 1.21 bits per heavy atom. The van der Waals surface area contributed by atoms with Crippen LogP contribution in [0.4, 0.5) is 0 Å². The molecule has 0 bridgehead atoms. The molecule has 0 aromatic heterocycles. The second-order valence-electron chi connectivity index (χ2n) is 8.29. The predicted octanol–water partition coefficient (Wildman–Crippen LogP) is 2.02. The van der Waals surface area contributed by atoms with Crippen molar-refractivity contribution < 1.29 is 14.3 Å². The van der Waals surface area contributed by atoms with Gasteiger partial charge in [-0.05, 0) is 44.9 Å². The zero-order valence-corrected chi connectivity index (χ0v) is 18.1. The highest BCUT2D eigenvalue weighted by atomic mass is 16.5. The van der Waals surface area contributed by atoms with E-state index in [2.05, 4.69) is 17.6 Å². The Balaban J connectivity index is 1.72. The smallest absolute Gasteiger partial charge is 0.230 e. The molecule has 1 aliphatic heterocycles. The zero-order valence-electron chi connectivity index (χ0n) is 18.1. The Kier molecular flexibility index (Phi) is 10.1. The van der Waals surface area contributed by atoms with E-state index in [0.717, 1.165) is 90.4 Å². The van der Waals surface area contributed by atoms with Gasteiger partial charge in [0.1, 0.15) is 0 Å². The Morgan fingerprint density at radius 3 is 2.57 bits per heavy atom. The number of hydrogen-bond acceptors (Lipinski definition) is 4. The van der Waals surface area contributed by atoms with E-state index in [4.69, 9.17) is 14.5 Å². The Morgan fingerprint density at radius 2 is 1.93 bits per heavy atom. The molecular weight excluding hydrogens is 356 g/mol. The van der Waals surface area contributed by atoms with Crippen LogP contribution in [0.25, 0.3) is 0 Å². The summed E-state index contributed by atoms with van der Waals surface area (Å²) in [6, 6.07) is 0. The maximum absolute atomic E-state index is 12.7. The number of amides is 1. The zero-order chi connectivity index (χ0) is 20.2. The number of carbonyl (C=O) groups is 1. The molecule has 2 N–H and O–H groups in total. The van der Waals surface area contributed by atoms with Gasteiger partial charge in [-0.25, -0.2) is 0 Å². The average Bonchev–Trinajstić information content (AvgIpc) is 3.18. The molecule has 1 saturated heterocycles. The number of aliphatic imine (C=N–C) groups is 1. The predicted molar refractivity (Wildman–Crippen MR) is 113 cm³/mol. The first kappa shape index (κ1) is 22.9. The molecule has 7 nitrogen and oxygen atoms in total. The maximum Gasteiger partial charge on any atom is 0.230 e. The van der Waals surface area contributed by atoms with Crippen LogP contribution in [0, 0.1) is 11.3 Å². The van der Waals surface area contributed by atoms with Crippen LogP contribution >= 0.6 is 0 Å². The summed E-state index contributed by atoms with van der Waals surface area (Å²) in [6.45, 7) is 7.57. The van der Waals surface area contributed by atoms with Gasteiger partial charge >= 0.3 is 0 Å². The number of rotatable bonds is 10. The summed E-state index contributed by atoms with van der Waals surface area (Å²) >= 11 is 0. The highest BCUT2D eigenvalue weighted by molar-refractivity contribution is 5.84. The third-order valence-corrected chi connectivity index (χ3v) is 5.76. The molecule has 0 aromatic rings. The summed E-state index contributed by atoms with van der Waals surface area (Å²) in [5, 5.41) is 6.68. The molecule has 1 heterocycles. The number of guanidine groups is 1. The lowest BCUT2D eigenvalue weighted by Crippen LogP contribution is -2.43. The van der Waals surface area contributed by atoms with Crippen LogP contribution in [0.1, 0.15) is 51.9 Å². The van der Waals surface area contributed by atoms with Crippen LogP contribution in [0.2, 0.25) is 0 Å². The molecular formula is C21H40N4O3. The van der Waals surface area contributed by atoms with E-state index >= 15 is 0 Å². The van der Waals surface area contributed by atoms with Crippen molar-refractivity contribution in [2.75, 3.05) is 60.2 Å². The fourth-order valence-electron chi connectivity index (χ4n) is 4.08. The van der Waals surface area contributed by atoms with E-state index in [-0.39, 0.29) is 11.3 Å². The maximum atomic E-state index is 12.7. The summed E-state index contributed by atoms with van der Waals surface area (Å²) in [6.07, 6.45) is 7.27. The highest BCUT2D eigenvalue weighted by Gasteiger charge is 2.42. The number of ether oxygens (including phenoxy) is 2. The van der Waals surface area contributed by atoms with Crippen molar-refractivity contribution >= 4 is 11.9 Å². The van der Waals surface area contributed by atoms with Gasteiger partial charge in [-0.3, -0.25) is 9.79 Å². The van der Waals surface area contributed by atoms with Gasteiger partial charge in [-0.2, -0.15) is 0 Å². The quantitative estimate of drug-likeness (QED) is 0.336. The lowest BCUT2D eigenvalue weighted by atomic mass is 9.85. The normalized spacial score (nSPS) is 20.2. The molecule has 28 heavy (non-hydrogen) atoms. The van der Waals surface area contributed by atoms with Gasteiger partial charge in [-0.1, -0.05) is 12.8 Å². The molecule has 1 saturated carbocycles. The molecule has 7 heteroatoms. The Labute approximate surface area is 170 Å². The van der Waals surface area contributed by atoms with Crippen molar-refractivity contribution in [1.29, 1.82) is 0 Å². The van der Waals surface area contributed by atoms with Crippen LogP contribution in [-0.4, -0.2) is 76.9 Å². The number of nitrogens with zero attached hydrogens (tertiary/aromatic N) is 2. The molecule has 2 rings (SSSR count). The minimum absolute atomic E-state index is 0.214. The topological polar surface area (TPSA) is 75.2 Å². The molecule has 0 unspecified atom stereocenters. The van der Waals surface area contributed by atoms with E-state index in [1.54, 1.807) is 4.90 Å². The summed E-state index contributed by atoms with van der Waals surface area (Å²) in [7, 11) is 3.69. The first-order chi connectivity index (χ1) is 13.6. The molecule has 162 valence electrons. The molecule has 1 amide bonds. The summed E-state index contributed by atoms with van der Waals surface area (Å²) in [5.74, 6) is 1.66. The molecule has 0 aromatic carbocycles. The SMILES string of the molecule is CCNC(=NCC1(C(=O)N(C)C)CCCC1)NCCCOCC1CCOCC1. The van der Waals surface area contributed by atoms with Crippen molar-refractivity contribution in [3.8, 4) is 0 Å². The first-order valence-electron chi connectivity index (χ1n) is 11.0. The van der Waals surface area contributed by atoms with Crippen molar-refractivity contribution in [1.82, 2.24) is 15.5 Å². The largest absolute Gasteiger partial charge is 0.381 e. The van der Waals surface area contributed by atoms with Gasteiger partial charge in [0.25, 0.3) is 0 Å². The molecule has 2 aliphatic rings. The Hall–Kier alpha value is -1.34. The van der Waals surface area contributed by atoms with Crippen LogP contribution < -0.4 is 10.6 Å². The van der Waals surface area contributed by atoms with Gasteiger partial charge in [0.15, 0.2) is 5.96 Å². The van der Waals surface area contributed by atoms with Crippen molar-refractivity contribution in [2.24, 2.45) is 16.3 Å². The van der Waals surface area contributed by atoms with E-state index in [9.17, 15) is 4.79 Å². The standard InChI is InChI=1S/C21H40N4O3/c1-4-22-20(23-12-7-13-28-16-18-8-14-27-15-9-18)24-17-21(10-5-6-11-21)19(26)25(2)3/h18H,4-17H2,1-3H3,(H2,22,23,24). The van der Waals surface area contributed by atoms with Crippen LogP contribution in [0.3, 0.4) is 0 Å². The van der Waals surface area contributed by atoms with E-state index in [1.165, 1.54) is 0 Å². The molecule has 1 aliphatic carbocycles. The summed E-state index contributed by atoms with van der Waals surface area (Å²) in [4.78, 5) is 19.2. The minimum Gasteiger partial charge on any atom is -0.381 e. The van der Waals surface area contributed by atoms with Crippen LogP contribution in [-0.2, 0) is 14.3 Å². The first-order valence-corrected chi connectivity index (χ1v) is 11.0. The van der Waals surface area contributed by atoms with Gasteiger partial charge in [0.2, 0.25) is 5.91 Å². The average molecular weight is 397 g/mol. The van der Waals surface area contributed by atoms with Gasteiger partial charge in [0.05, 0.1) is 12.0 Å². The van der Waals surface area contributed by atoms with E-state index in [1.807, 2.05) is 14.1 Å². The fraction of sp³-hybridized carbons (Fsp3) is 0.905. The Bertz CT molecular complexity index is 484.